The van der Waals surface area contributed by atoms with E-state index < -0.39 is 0 Å². The normalized spacial score (nSPS) is 1.78. The van der Waals surface area contributed by atoms with Crippen molar-refractivity contribution < 1.29 is 150 Å². The van der Waals surface area contributed by atoms with Gasteiger partial charge < -0.3 is 201 Å². The quantitative estimate of drug-likeness (QED) is 0.0975. The van der Waals surface area contributed by atoms with Gasteiger partial charge in [0.25, 0.3) is 0 Å². The smallest absolute Gasteiger partial charge is 0.753 e. The molecule has 36 nitrogen and oxygen atoms in total. The minimum atomic E-state index is 0. The van der Waals surface area contributed by atoms with E-state index in [1.807, 2.05) is 0 Å². The van der Waals surface area contributed by atoms with Crippen LogP contribution in [0.4, 0.5) is 0 Å². The van der Waals surface area contributed by atoms with Gasteiger partial charge in [0.2, 0.25) is 0 Å². The molecule has 0 aromatic rings. The molecule has 0 bridgehead atoms. The van der Waals surface area contributed by atoms with Gasteiger partial charge >= 0.3 is 84.3 Å². The average molecular weight is 1670 g/mol. The summed E-state index contributed by atoms with van der Waals surface area (Å²) in [5.74, 6) is 0. The standard InChI is InChI=1S/16CNS.4Mo.8H3N.12H2O/c16*2-1-3;;;;;;;;;;;;;;;;;;;;;;;;/h;;;;;;;;;;;;;;;;;;;;8*1H3;12*1H2/q16*-1;4*+2;;;;;;;;;;;;;;;;;;;;/p+8. The molecule has 432 valence electrons. The molecule has 0 atom stereocenters. The molecule has 0 aromatic heterocycles. The van der Waals surface area contributed by atoms with Crippen molar-refractivity contribution >= 4 is 278 Å². The summed E-state index contributed by atoms with van der Waals surface area (Å²) in [5, 5.41) is 135. The van der Waals surface area contributed by atoms with Gasteiger partial charge in [-0.1, -0.05) is 195 Å². The van der Waals surface area contributed by atoms with Gasteiger partial charge in [-0.15, -0.1) is 0 Å². The van der Waals surface area contributed by atoms with Gasteiger partial charge in [-0.2, -0.15) is 82.6 Å². The van der Waals surface area contributed by atoms with E-state index in [2.05, 4.69) is 195 Å². The summed E-state index contributed by atoms with van der Waals surface area (Å²) in [4.78, 5) is 0. The molecule has 0 spiro atoms. The molecule has 56 N–H and O–H groups in total. The molecule has 0 saturated heterocycles. The summed E-state index contributed by atoms with van der Waals surface area (Å²) >= 11 is 59.2. The van der Waals surface area contributed by atoms with Crippen LogP contribution in [0.3, 0.4) is 0 Å². The van der Waals surface area contributed by atoms with Crippen molar-refractivity contribution in [3.8, 4) is 0 Å². The number of hydrogen-bond acceptors (Lipinski definition) is 16. The summed E-state index contributed by atoms with van der Waals surface area (Å²) in [5.41, 5.74) is 0. The van der Waals surface area contributed by atoms with Crippen LogP contribution < -0.4 is 49.2 Å². The largest absolute Gasteiger partial charge is 2.00 e. The van der Waals surface area contributed by atoms with Crippen LogP contribution in [-0.2, 0) is 84.3 Å². The van der Waals surface area contributed by atoms with E-state index in [1.165, 1.54) is 82.6 Å². The molecule has 0 rings (SSSR count). The Labute approximate surface area is 556 Å². The molecule has 0 fully saturated rings. The number of isothiocyanates is 16. The second-order valence-electron chi connectivity index (χ2n) is 1.46. The molecule has 0 aliphatic heterocycles. The fraction of sp³-hybridized carbons (Fsp3) is 0. The molecule has 0 aromatic carbocycles. The molecule has 56 heteroatoms. The van der Waals surface area contributed by atoms with Crippen LogP contribution in [0.2, 0.25) is 0 Å². The van der Waals surface area contributed by atoms with Crippen molar-refractivity contribution in [3.05, 3.63) is 86.5 Å². The summed E-state index contributed by atoms with van der Waals surface area (Å²) in [7, 11) is 0. The van der Waals surface area contributed by atoms with Gasteiger partial charge in [0.1, 0.15) is 0 Å². The van der Waals surface area contributed by atoms with Crippen molar-refractivity contribution in [1.82, 2.24) is 49.2 Å². The van der Waals surface area contributed by atoms with Crippen LogP contribution in [0.5, 0.6) is 0 Å². The first-order chi connectivity index (χ1) is 22.6. The first kappa shape index (κ1) is 364. The summed E-state index contributed by atoms with van der Waals surface area (Å²) in [6.45, 7) is 0. The van der Waals surface area contributed by atoms with E-state index in [0.717, 1.165) is 0 Å². The Morgan fingerprint density at radius 1 is 0.125 bits per heavy atom. The summed E-state index contributed by atoms with van der Waals surface area (Å²) < 4.78 is 0. The number of rotatable bonds is 0. The molecular formula is C16H56Mo4N24O12S16. The van der Waals surface area contributed by atoms with Crippen LogP contribution in [0, 0.1) is 0 Å². The third-order valence-corrected chi connectivity index (χ3v) is 0. The number of nitrogens with zero attached hydrogens (tertiary/aromatic N) is 16. The second kappa shape index (κ2) is 1510. The summed E-state index contributed by atoms with van der Waals surface area (Å²) in [6, 6.07) is 0. The van der Waals surface area contributed by atoms with Crippen LogP contribution in [-0.4, -0.2) is 148 Å². The van der Waals surface area contributed by atoms with E-state index in [0.29, 0.717) is 0 Å². The van der Waals surface area contributed by atoms with Gasteiger partial charge in [0.15, 0.2) is 0 Å². The van der Waals surface area contributed by atoms with E-state index >= 15 is 0 Å². The molecule has 0 unspecified atom stereocenters. The molecule has 0 radical (unpaired) electrons. The van der Waals surface area contributed by atoms with E-state index in [4.69, 9.17) is 86.5 Å². The third kappa shape index (κ3) is 203000. The third-order valence-electron chi connectivity index (χ3n) is 0. The van der Waals surface area contributed by atoms with E-state index in [9.17, 15) is 0 Å². The average Bonchev–Trinajstić information content (AvgIpc) is 2.96. The Balaban J connectivity index is -0.00000000391. The maximum absolute atomic E-state index is 7.13. The fourth-order valence-corrected chi connectivity index (χ4v) is 0. The Morgan fingerprint density at radius 3 is 0.125 bits per heavy atom. The first-order valence-electron chi connectivity index (χ1n) is 6.84. The zero-order valence-corrected chi connectivity index (χ0v) is 58.4. The van der Waals surface area contributed by atoms with Gasteiger partial charge in [-0.25, -0.2) is 0 Å². The minimum Gasteiger partial charge on any atom is -0.753 e. The monoisotopic (exact) mass is 1680 g/mol. The molecule has 0 aliphatic carbocycles. The van der Waals surface area contributed by atoms with Crippen molar-refractivity contribution in [1.29, 1.82) is 0 Å². The Morgan fingerprint density at radius 2 is 0.125 bits per heavy atom. The maximum atomic E-state index is 7.13. The fourth-order valence-electron chi connectivity index (χ4n) is 0. The Bertz CT molecular complexity index is 875. The number of hydrogen-bond donors (Lipinski definition) is 8. The van der Waals surface area contributed by atoms with Gasteiger partial charge in [0, 0.05) is 0 Å². The molecule has 72 heavy (non-hydrogen) atoms. The van der Waals surface area contributed by atoms with Crippen molar-refractivity contribution in [2.24, 2.45) is 0 Å². The van der Waals surface area contributed by atoms with Crippen molar-refractivity contribution in [3.63, 3.8) is 0 Å². The SMILES string of the molecule is O.O.O.O.O.O.O.O.O.O.O.O.[Mo+2].[Mo+2].[Mo+2].[Mo+2].[N-]=C=S.[N-]=C=S.[N-]=C=S.[N-]=C=S.[N-]=C=S.[N-]=C=S.[N-]=C=S.[N-]=C=S.[N-]=C=S.[N-]=C=S.[N-]=C=S.[N-]=C=S.[N-]=C=S.[N-]=C=S.[N-]=C=S.[N-]=C=S.[NH4+].[NH4+].[NH4+].[NH4+].[NH4+].[NH4+].[NH4+].[NH4+]. The van der Waals surface area contributed by atoms with Crippen molar-refractivity contribution in [2.75, 3.05) is 0 Å². The van der Waals surface area contributed by atoms with Crippen LogP contribution in [0.1, 0.15) is 0 Å². The van der Waals surface area contributed by atoms with Gasteiger partial charge in [0.05, 0.1) is 0 Å². The minimum absolute atomic E-state index is 0. The zero-order chi connectivity index (χ0) is 43.3. The molecule has 0 heterocycles. The Hall–Kier alpha value is -1.25. The van der Waals surface area contributed by atoms with Crippen LogP contribution in [0.15, 0.2) is 0 Å². The summed E-state index contributed by atoms with van der Waals surface area (Å²) in [6.07, 6.45) is 0. The maximum Gasteiger partial charge on any atom is 2.00 e. The van der Waals surface area contributed by atoms with Crippen LogP contribution >= 0.6 is 195 Å². The predicted molar refractivity (Wildman–Crippen MR) is 347 cm³/mol. The molecular weight excluding hydrogens is 1620 g/mol. The van der Waals surface area contributed by atoms with Crippen molar-refractivity contribution in [2.45, 2.75) is 0 Å². The van der Waals surface area contributed by atoms with E-state index in [1.54, 1.807) is 0 Å². The molecule has 0 aliphatic rings. The number of quaternary nitrogens is 8. The molecule has 0 saturated carbocycles. The number of thiocarbonyl (C=S) groups is 16. The topological polar surface area (TPSA) is 1030 Å². The first-order valence-corrected chi connectivity index (χ1v) is 13.4. The Kier molecular flexibility index (Phi) is 7660. The second-order valence-corrected chi connectivity index (χ2v) is 4.38. The zero-order valence-electron chi connectivity index (χ0n) is 37.3. The molecule has 0 amide bonds. The van der Waals surface area contributed by atoms with Crippen LogP contribution in [0.25, 0.3) is 86.5 Å². The predicted octanol–water partition coefficient (Wildman–Crippen LogP) is 3.64. The van der Waals surface area contributed by atoms with Gasteiger partial charge in [-0.05, 0) is 0 Å². The van der Waals surface area contributed by atoms with Gasteiger partial charge in [-0.3, -0.25) is 0 Å². The van der Waals surface area contributed by atoms with E-state index in [-0.39, 0.29) is 199 Å².